The van der Waals surface area contributed by atoms with Crippen LogP contribution in [0.2, 0.25) is 5.02 Å². The van der Waals surface area contributed by atoms with Crippen LogP contribution in [0.5, 0.6) is 0 Å². The maximum absolute atomic E-state index is 11.7. The van der Waals surface area contributed by atoms with Gasteiger partial charge >= 0.3 is 0 Å². The number of halogens is 2. The number of alkyl halides is 1. The van der Waals surface area contributed by atoms with Crippen molar-refractivity contribution in [1.29, 1.82) is 0 Å². The quantitative estimate of drug-likeness (QED) is 0.597. The molecule has 1 aromatic carbocycles. The average Bonchev–Trinajstić information content (AvgIpc) is 2.34. The summed E-state index contributed by atoms with van der Waals surface area (Å²) in [6.07, 6.45) is 2.55. The number of rotatable bonds is 7. The molecule has 4 heteroatoms. The molecule has 1 rings (SSSR count). The van der Waals surface area contributed by atoms with E-state index in [9.17, 15) is 4.79 Å². The van der Waals surface area contributed by atoms with E-state index in [4.69, 9.17) is 11.6 Å². The van der Waals surface area contributed by atoms with Crippen molar-refractivity contribution in [2.24, 2.45) is 5.92 Å². The van der Waals surface area contributed by atoms with Gasteiger partial charge < -0.3 is 5.32 Å². The number of carbonyl (C=O) groups is 1. The van der Waals surface area contributed by atoms with E-state index < -0.39 is 0 Å². The number of hydrogen-bond donors (Lipinski definition) is 1. The zero-order chi connectivity index (χ0) is 13.4. The van der Waals surface area contributed by atoms with Crippen LogP contribution < -0.4 is 5.32 Å². The molecule has 0 aliphatic heterocycles. The van der Waals surface area contributed by atoms with Crippen LogP contribution in [-0.4, -0.2) is 17.8 Å². The standard InChI is InChI=1S/C14H19BrClNO/c1-11(10-15)4-3-7-17-14(18)9-12-5-2-6-13(16)8-12/h2,5-6,8,11H,3-4,7,9-10H2,1H3,(H,17,18). The largest absolute Gasteiger partial charge is 0.356 e. The van der Waals surface area contributed by atoms with Crippen LogP contribution in [0.3, 0.4) is 0 Å². The maximum Gasteiger partial charge on any atom is 0.224 e. The summed E-state index contributed by atoms with van der Waals surface area (Å²) < 4.78 is 0. The highest BCUT2D eigenvalue weighted by Gasteiger charge is 2.04. The first-order valence-electron chi connectivity index (χ1n) is 6.19. The molecule has 1 aromatic rings. The first-order valence-corrected chi connectivity index (χ1v) is 7.69. The van der Waals surface area contributed by atoms with Gasteiger partial charge in [-0.15, -0.1) is 0 Å². The van der Waals surface area contributed by atoms with Crippen LogP contribution in [0.1, 0.15) is 25.3 Å². The summed E-state index contributed by atoms with van der Waals surface area (Å²) >= 11 is 9.32. The second-order valence-electron chi connectivity index (χ2n) is 4.56. The summed E-state index contributed by atoms with van der Waals surface area (Å²) in [6, 6.07) is 7.42. The van der Waals surface area contributed by atoms with E-state index in [1.54, 1.807) is 0 Å². The van der Waals surface area contributed by atoms with E-state index in [1.165, 1.54) is 0 Å². The molecule has 18 heavy (non-hydrogen) atoms. The van der Waals surface area contributed by atoms with Gasteiger partial charge in [0.1, 0.15) is 0 Å². The van der Waals surface area contributed by atoms with Crippen LogP contribution in [0.4, 0.5) is 0 Å². The fraction of sp³-hybridized carbons (Fsp3) is 0.500. The molecule has 100 valence electrons. The lowest BCUT2D eigenvalue weighted by Crippen LogP contribution is -2.26. The highest BCUT2D eigenvalue weighted by atomic mass is 79.9. The van der Waals surface area contributed by atoms with E-state index in [1.807, 2.05) is 24.3 Å². The third kappa shape index (κ3) is 6.41. The molecule has 0 fully saturated rings. The third-order valence-corrected chi connectivity index (χ3v) is 4.05. The van der Waals surface area contributed by atoms with Crippen molar-refractivity contribution in [2.45, 2.75) is 26.2 Å². The van der Waals surface area contributed by atoms with Gasteiger partial charge in [-0.05, 0) is 36.5 Å². The molecule has 0 saturated carbocycles. The van der Waals surface area contributed by atoms with Gasteiger partial charge in [-0.2, -0.15) is 0 Å². The predicted octanol–water partition coefficient (Wildman–Crippen LogP) is 3.81. The predicted molar refractivity (Wildman–Crippen MR) is 80.4 cm³/mol. The number of carbonyl (C=O) groups excluding carboxylic acids is 1. The minimum atomic E-state index is 0.0590. The molecule has 2 nitrogen and oxygen atoms in total. The molecule has 0 aromatic heterocycles. The van der Waals surface area contributed by atoms with Crippen molar-refractivity contribution in [3.8, 4) is 0 Å². The van der Waals surface area contributed by atoms with E-state index in [-0.39, 0.29) is 5.91 Å². The average molecular weight is 333 g/mol. The Balaban J connectivity index is 2.22. The monoisotopic (exact) mass is 331 g/mol. The normalized spacial score (nSPS) is 12.2. The van der Waals surface area contributed by atoms with Gasteiger partial charge in [-0.1, -0.05) is 46.6 Å². The van der Waals surface area contributed by atoms with E-state index in [0.29, 0.717) is 17.4 Å². The lowest BCUT2D eigenvalue weighted by atomic mass is 10.1. The molecule has 1 unspecified atom stereocenters. The molecular weight excluding hydrogens is 314 g/mol. The number of benzene rings is 1. The van der Waals surface area contributed by atoms with E-state index >= 15 is 0 Å². The van der Waals surface area contributed by atoms with Gasteiger partial charge in [0.15, 0.2) is 0 Å². The molecule has 0 bridgehead atoms. The molecule has 0 radical (unpaired) electrons. The number of nitrogens with one attached hydrogen (secondary N) is 1. The third-order valence-electron chi connectivity index (χ3n) is 2.71. The molecule has 1 N–H and O–H groups in total. The van der Waals surface area contributed by atoms with Crippen molar-refractivity contribution < 1.29 is 4.79 Å². The molecular formula is C14H19BrClNO. The summed E-state index contributed by atoms with van der Waals surface area (Å²) in [4.78, 5) is 11.7. The fourth-order valence-electron chi connectivity index (χ4n) is 1.65. The SMILES string of the molecule is CC(CBr)CCCNC(=O)Cc1cccc(Cl)c1. The highest BCUT2D eigenvalue weighted by molar-refractivity contribution is 9.09. The van der Waals surface area contributed by atoms with Gasteiger partial charge in [0.25, 0.3) is 0 Å². The van der Waals surface area contributed by atoms with Crippen molar-refractivity contribution in [2.75, 3.05) is 11.9 Å². The Bertz CT molecular complexity index is 384. The van der Waals surface area contributed by atoms with Crippen LogP contribution in [0, 0.1) is 5.92 Å². The molecule has 1 amide bonds. The lowest BCUT2D eigenvalue weighted by molar-refractivity contribution is -0.120. The van der Waals surface area contributed by atoms with Gasteiger partial charge in [0, 0.05) is 16.9 Å². The van der Waals surface area contributed by atoms with Crippen LogP contribution >= 0.6 is 27.5 Å². The number of amides is 1. The first-order chi connectivity index (χ1) is 8.61. The zero-order valence-corrected chi connectivity index (χ0v) is 12.9. The van der Waals surface area contributed by atoms with Crippen molar-refractivity contribution >= 4 is 33.4 Å². The number of hydrogen-bond acceptors (Lipinski definition) is 1. The van der Waals surface area contributed by atoms with E-state index in [2.05, 4.69) is 28.2 Å². The summed E-state index contributed by atoms with van der Waals surface area (Å²) in [6.45, 7) is 2.94. The van der Waals surface area contributed by atoms with Crippen LogP contribution in [-0.2, 0) is 11.2 Å². The van der Waals surface area contributed by atoms with Gasteiger partial charge in [-0.3, -0.25) is 4.79 Å². The zero-order valence-electron chi connectivity index (χ0n) is 10.6. The molecule has 1 atom stereocenters. The summed E-state index contributed by atoms with van der Waals surface area (Å²) in [5.74, 6) is 0.721. The second kappa shape index (κ2) is 8.54. The van der Waals surface area contributed by atoms with Crippen molar-refractivity contribution in [3.63, 3.8) is 0 Å². The summed E-state index contributed by atoms with van der Waals surface area (Å²) in [7, 11) is 0. The van der Waals surface area contributed by atoms with Gasteiger partial charge in [0.05, 0.1) is 6.42 Å². The van der Waals surface area contributed by atoms with Crippen LogP contribution in [0.25, 0.3) is 0 Å². The molecule has 0 saturated heterocycles. The Labute approximate surface area is 122 Å². The Morgan fingerprint density at radius 1 is 1.50 bits per heavy atom. The van der Waals surface area contributed by atoms with Crippen LogP contribution in [0.15, 0.2) is 24.3 Å². The van der Waals surface area contributed by atoms with Gasteiger partial charge in [0.2, 0.25) is 5.91 Å². The lowest BCUT2D eigenvalue weighted by Gasteiger charge is -2.08. The van der Waals surface area contributed by atoms with Crippen molar-refractivity contribution in [3.05, 3.63) is 34.9 Å². The molecule has 0 aliphatic carbocycles. The Morgan fingerprint density at radius 2 is 2.28 bits per heavy atom. The Morgan fingerprint density at radius 3 is 2.94 bits per heavy atom. The summed E-state index contributed by atoms with van der Waals surface area (Å²) in [5.41, 5.74) is 0.953. The minimum Gasteiger partial charge on any atom is -0.356 e. The highest BCUT2D eigenvalue weighted by Crippen LogP contribution is 2.11. The van der Waals surface area contributed by atoms with Crippen molar-refractivity contribution in [1.82, 2.24) is 5.32 Å². The molecule has 0 spiro atoms. The summed E-state index contributed by atoms with van der Waals surface area (Å²) in [5, 5.41) is 4.62. The Hall–Kier alpha value is -0.540. The second-order valence-corrected chi connectivity index (χ2v) is 5.64. The maximum atomic E-state index is 11.7. The minimum absolute atomic E-state index is 0.0590. The first kappa shape index (κ1) is 15.5. The van der Waals surface area contributed by atoms with Gasteiger partial charge in [-0.25, -0.2) is 0 Å². The topological polar surface area (TPSA) is 29.1 Å². The Kier molecular flexibility index (Phi) is 7.36. The smallest absolute Gasteiger partial charge is 0.224 e. The molecule has 0 aliphatic rings. The van der Waals surface area contributed by atoms with E-state index in [0.717, 1.165) is 30.3 Å². The molecule has 0 heterocycles. The fourth-order valence-corrected chi connectivity index (χ4v) is 2.19.